The zero-order valence-electron chi connectivity index (χ0n) is 18.0. The summed E-state index contributed by atoms with van der Waals surface area (Å²) in [5.41, 5.74) is 0.518. The summed E-state index contributed by atoms with van der Waals surface area (Å²) in [6.45, 7) is 1.69. The number of rotatable bonds is 13. The van der Waals surface area contributed by atoms with Crippen LogP contribution < -0.4 is 20.7 Å². The minimum atomic E-state index is -3.91. The molecule has 1 heterocycles. The van der Waals surface area contributed by atoms with E-state index in [1.54, 1.807) is 30.3 Å². The number of amides is 2. The lowest BCUT2D eigenvalue weighted by atomic mass is 9.93. The molecule has 1 saturated heterocycles. The molecule has 178 valence electrons. The molecule has 5 N–H and O–H groups in total. The Hall–Kier alpha value is -2.50. The number of hydrogen-bond acceptors (Lipinski definition) is 6. The van der Waals surface area contributed by atoms with Gasteiger partial charge in [-0.3, -0.25) is 14.4 Å². The standard InChI is InChI=1S/C21H32N4O6S/c26-19(7-6-16-8-11-22-12-9-16)23-13-10-20(27)24-14-18(21(28)29)25-32(30,31)15-17-4-2-1-3-5-17/h1-5,16,18,22,25H,6-15H2,(H,23,26)(H,24,27)(H,28,29)/t18-/m0/s1. The summed E-state index contributed by atoms with van der Waals surface area (Å²) in [7, 11) is -3.91. The molecule has 1 aromatic carbocycles. The molecule has 10 nitrogen and oxygen atoms in total. The molecule has 1 aliphatic heterocycles. The van der Waals surface area contributed by atoms with Crippen LogP contribution in [0.5, 0.6) is 0 Å². The summed E-state index contributed by atoms with van der Waals surface area (Å²) in [6, 6.07) is 6.87. The average molecular weight is 469 g/mol. The fourth-order valence-corrected chi connectivity index (χ4v) is 4.78. The number of aliphatic carboxylic acids is 1. The molecule has 0 unspecified atom stereocenters. The molecule has 11 heteroatoms. The zero-order valence-corrected chi connectivity index (χ0v) is 18.8. The van der Waals surface area contributed by atoms with Crippen LogP contribution in [-0.2, 0) is 30.2 Å². The molecular weight excluding hydrogens is 436 g/mol. The molecule has 0 aromatic heterocycles. The lowest BCUT2D eigenvalue weighted by molar-refractivity contribution is -0.138. The van der Waals surface area contributed by atoms with Crippen LogP contribution in [0.1, 0.15) is 37.7 Å². The molecule has 0 saturated carbocycles. The Morgan fingerprint density at radius 3 is 2.34 bits per heavy atom. The SMILES string of the molecule is O=C(CCC1CCNCC1)NCCC(=O)NC[C@H](NS(=O)(=O)Cc1ccccc1)C(=O)O. The van der Waals surface area contributed by atoms with Crippen LogP contribution >= 0.6 is 0 Å². The summed E-state index contributed by atoms with van der Waals surface area (Å²) in [5.74, 6) is -1.81. The van der Waals surface area contributed by atoms with Crippen molar-refractivity contribution in [3.63, 3.8) is 0 Å². The minimum Gasteiger partial charge on any atom is -0.480 e. The predicted molar refractivity (Wildman–Crippen MR) is 119 cm³/mol. The minimum absolute atomic E-state index is 0.0256. The molecule has 0 bridgehead atoms. The second-order valence-electron chi connectivity index (χ2n) is 7.89. The third-order valence-corrected chi connectivity index (χ3v) is 6.59. The number of sulfonamides is 1. The average Bonchev–Trinajstić information content (AvgIpc) is 2.76. The Kier molecular flexibility index (Phi) is 10.6. The highest BCUT2D eigenvalue weighted by Crippen LogP contribution is 2.17. The van der Waals surface area contributed by atoms with Crippen LogP contribution in [0.25, 0.3) is 0 Å². The number of carboxylic acids is 1. The Labute approximate surface area is 188 Å². The molecule has 2 amide bonds. The van der Waals surface area contributed by atoms with E-state index in [2.05, 4.69) is 20.7 Å². The monoisotopic (exact) mass is 468 g/mol. The summed E-state index contributed by atoms with van der Waals surface area (Å²) < 4.78 is 26.6. The van der Waals surface area contributed by atoms with E-state index in [0.29, 0.717) is 17.9 Å². The molecule has 0 aliphatic carbocycles. The van der Waals surface area contributed by atoms with Crippen LogP contribution in [0.3, 0.4) is 0 Å². The third kappa shape index (κ3) is 10.2. The number of hydrogen-bond donors (Lipinski definition) is 5. The third-order valence-electron chi connectivity index (χ3n) is 5.24. The van der Waals surface area contributed by atoms with Gasteiger partial charge in [-0.2, -0.15) is 4.72 Å². The van der Waals surface area contributed by atoms with Gasteiger partial charge in [-0.1, -0.05) is 30.3 Å². The Bertz CT molecular complexity index is 856. The molecule has 1 aromatic rings. The molecule has 1 aliphatic rings. The zero-order chi connectivity index (χ0) is 23.4. The second-order valence-corrected chi connectivity index (χ2v) is 9.64. The maximum atomic E-state index is 12.2. The Morgan fingerprint density at radius 1 is 1.03 bits per heavy atom. The fraction of sp³-hybridized carbons (Fsp3) is 0.571. The maximum absolute atomic E-state index is 12.2. The number of carboxylic acid groups (broad SMARTS) is 1. The van der Waals surface area contributed by atoms with Crippen LogP contribution in [-0.4, -0.2) is 63.5 Å². The normalized spacial score (nSPS) is 15.6. The lowest BCUT2D eigenvalue weighted by Crippen LogP contribution is -2.48. The van der Waals surface area contributed by atoms with E-state index < -0.39 is 34.5 Å². The highest BCUT2D eigenvalue weighted by atomic mass is 32.2. The summed E-state index contributed by atoms with van der Waals surface area (Å²) in [6.07, 6.45) is 3.34. The largest absolute Gasteiger partial charge is 0.480 e. The van der Waals surface area contributed by atoms with Gasteiger partial charge in [-0.15, -0.1) is 0 Å². The number of carbonyl (C=O) groups excluding carboxylic acids is 2. The first-order valence-electron chi connectivity index (χ1n) is 10.8. The molecule has 0 radical (unpaired) electrons. The van der Waals surface area contributed by atoms with Crippen molar-refractivity contribution >= 4 is 27.8 Å². The van der Waals surface area contributed by atoms with Gasteiger partial charge in [0.05, 0.1) is 5.75 Å². The molecule has 1 fully saturated rings. The molecule has 2 rings (SSSR count). The van der Waals surface area contributed by atoms with Gasteiger partial charge in [-0.25, -0.2) is 8.42 Å². The van der Waals surface area contributed by atoms with Crippen molar-refractivity contribution in [1.29, 1.82) is 0 Å². The Morgan fingerprint density at radius 2 is 1.69 bits per heavy atom. The first-order chi connectivity index (χ1) is 15.2. The first kappa shape index (κ1) is 25.8. The number of carbonyl (C=O) groups is 3. The van der Waals surface area contributed by atoms with Gasteiger partial charge in [0.25, 0.3) is 0 Å². The van der Waals surface area contributed by atoms with Crippen molar-refractivity contribution < 1.29 is 27.9 Å². The summed E-state index contributed by atoms with van der Waals surface area (Å²) in [4.78, 5) is 35.3. The van der Waals surface area contributed by atoms with Crippen LogP contribution in [0.2, 0.25) is 0 Å². The van der Waals surface area contributed by atoms with E-state index >= 15 is 0 Å². The molecule has 1 atom stereocenters. The Balaban J connectivity index is 1.67. The number of nitrogens with one attached hydrogen (secondary N) is 4. The van der Waals surface area contributed by atoms with E-state index in [1.165, 1.54) is 0 Å². The van der Waals surface area contributed by atoms with Crippen LogP contribution in [0, 0.1) is 5.92 Å². The van der Waals surface area contributed by atoms with Crippen molar-refractivity contribution in [2.45, 2.75) is 43.9 Å². The lowest BCUT2D eigenvalue weighted by Gasteiger charge is -2.22. The van der Waals surface area contributed by atoms with E-state index in [4.69, 9.17) is 0 Å². The number of piperidine rings is 1. The fourth-order valence-electron chi connectivity index (χ4n) is 3.45. The molecular formula is C21H32N4O6S. The van der Waals surface area contributed by atoms with Gasteiger partial charge in [0.2, 0.25) is 21.8 Å². The van der Waals surface area contributed by atoms with E-state index in [1.807, 2.05) is 0 Å². The summed E-state index contributed by atoms with van der Waals surface area (Å²) >= 11 is 0. The van der Waals surface area contributed by atoms with Crippen molar-refractivity contribution in [2.75, 3.05) is 26.2 Å². The number of benzene rings is 1. The van der Waals surface area contributed by atoms with Crippen molar-refractivity contribution in [1.82, 2.24) is 20.7 Å². The quantitative estimate of drug-likeness (QED) is 0.272. The first-order valence-corrected chi connectivity index (χ1v) is 12.4. The molecule has 0 spiro atoms. The topological polar surface area (TPSA) is 154 Å². The molecule has 32 heavy (non-hydrogen) atoms. The highest BCUT2D eigenvalue weighted by molar-refractivity contribution is 7.88. The smallest absolute Gasteiger partial charge is 0.323 e. The predicted octanol–water partition coefficient (Wildman–Crippen LogP) is -0.0385. The van der Waals surface area contributed by atoms with Crippen molar-refractivity contribution in [3.05, 3.63) is 35.9 Å². The van der Waals surface area contributed by atoms with Gasteiger partial charge in [0.15, 0.2) is 0 Å². The van der Waals surface area contributed by atoms with E-state index in [9.17, 15) is 27.9 Å². The van der Waals surface area contributed by atoms with Crippen LogP contribution in [0.15, 0.2) is 30.3 Å². The van der Waals surface area contributed by atoms with Crippen LogP contribution in [0.4, 0.5) is 0 Å². The highest BCUT2D eigenvalue weighted by Gasteiger charge is 2.24. The van der Waals surface area contributed by atoms with E-state index in [-0.39, 0.29) is 24.6 Å². The van der Waals surface area contributed by atoms with Gasteiger partial charge >= 0.3 is 5.97 Å². The van der Waals surface area contributed by atoms with Gasteiger partial charge in [0.1, 0.15) is 6.04 Å². The van der Waals surface area contributed by atoms with Gasteiger partial charge in [0, 0.05) is 25.9 Å². The second kappa shape index (κ2) is 13.1. The maximum Gasteiger partial charge on any atom is 0.323 e. The van der Waals surface area contributed by atoms with Crippen molar-refractivity contribution in [2.24, 2.45) is 5.92 Å². The van der Waals surface area contributed by atoms with Gasteiger partial charge in [-0.05, 0) is 43.8 Å². The van der Waals surface area contributed by atoms with E-state index in [0.717, 1.165) is 32.4 Å². The van der Waals surface area contributed by atoms with Crippen molar-refractivity contribution in [3.8, 4) is 0 Å². The summed E-state index contributed by atoms with van der Waals surface area (Å²) in [5, 5.41) is 17.7. The van der Waals surface area contributed by atoms with Gasteiger partial charge < -0.3 is 21.1 Å².